The summed E-state index contributed by atoms with van der Waals surface area (Å²) in [6.45, 7) is 8.94. The predicted molar refractivity (Wildman–Crippen MR) is 99.4 cm³/mol. The van der Waals surface area contributed by atoms with Gasteiger partial charge >= 0.3 is 0 Å². The second-order valence-corrected chi connectivity index (χ2v) is 6.43. The van der Waals surface area contributed by atoms with Crippen molar-refractivity contribution in [3.05, 3.63) is 59.7 Å². The number of hydrogen-bond donors (Lipinski definition) is 1. The van der Waals surface area contributed by atoms with Gasteiger partial charge in [0.15, 0.2) is 0 Å². The fourth-order valence-corrected chi connectivity index (χ4v) is 3.22. The predicted octanol–water partition coefficient (Wildman–Crippen LogP) is 3.28. The molecular weight excluding hydrogens is 298 g/mol. The molecule has 2 aromatic carbocycles. The molecule has 0 spiro atoms. The molecule has 1 saturated heterocycles. The van der Waals surface area contributed by atoms with Gasteiger partial charge in [0.1, 0.15) is 0 Å². The summed E-state index contributed by atoms with van der Waals surface area (Å²) in [7, 11) is 0. The van der Waals surface area contributed by atoms with Crippen LogP contribution in [0.15, 0.2) is 48.5 Å². The Bertz CT molecular complexity index is 688. The summed E-state index contributed by atoms with van der Waals surface area (Å²) >= 11 is 0. The number of nitrogens with zero attached hydrogens (tertiary/aromatic N) is 2. The van der Waals surface area contributed by atoms with E-state index >= 15 is 0 Å². The first-order valence-electron chi connectivity index (χ1n) is 8.51. The van der Waals surface area contributed by atoms with E-state index in [0.717, 1.165) is 38.4 Å². The molecule has 0 aromatic heterocycles. The normalized spacial score (nSPS) is 15.3. The smallest absolute Gasteiger partial charge is 0.221 e. The summed E-state index contributed by atoms with van der Waals surface area (Å²) in [5, 5.41) is 2.81. The molecule has 1 heterocycles. The lowest BCUT2D eigenvalue weighted by atomic mass is 10.1. The number of piperazine rings is 1. The van der Waals surface area contributed by atoms with Crippen LogP contribution in [0.2, 0.25) is 0 Å². The maximum atomic E-state index is 11.1. The minimum absolute atomic E-state index is 0.0323. The molecule has 1 amide bonds. The first kappa shape index (κ1) is 16.5. The van der Waals surface area contributed by atoms with Crippen molar-refractivity contribution in [1.29, 1.82) is 0 Å². The zero-order valence-electron chi connectivity index (χ0n) is 14.5. The number of carbonyl (C=O) groups excluding carboxylic acids is 1. The van der Waals surface area contributed by atoms with E-state index in [-0.39, 0.29) is 5.91 Å². The Labute approximate surface area is 144 Å². The van der Waals surface area contributed by atoms with E-state index in [9.17, 15) is 4.79 Å². The Hall–Kier alpha value is -2.33. The van der Waals surface area contributed by atoms with E-state index in [4.69, 9.17) is 0 Å². The van der Waals surface area contributed by atoms with Gasteiger partial charge in [-0.25, -0.2) is 0 Å². The van der Waals surface area contributed by atoms with Gasteiger partial charge < -0.3 is 10.2 Å². The second-order valence-electron chi connectivity index (χ2n) is 6.43. The first-order chi connectivity index (χ1) is 11.6. The number of carbonyl (C=O) groups is 1. The quantitative estimate of drug-likeness (QED) is 0.938. The lowest BCUT2D eigenvalue weighted by Gasteiger charge is -2.36. The zero-order valence-corrected chi connectivity index (χ0v) is 14.5. The average molecular weight is 323 g/mol. The zero-order chi connectivity index (χ0) is 16.9. The van der Waals surface area contributed by atoms with Crippen molar-refractivity contribution in [1.82, 2.24) is 4.90 Å². The van der Waals surface area contributed by atoms with Crippen molar-refractivity contribution in [3.63, 3.8) is 0 Å². The van der Waals surface area contributed by atoms with Crippen LogP contribution in [0.1, 0.15) is 18.1 Å². The van der Waals surface area contributed by atoms with Gasteiger partial charge in [-0.05, 0) is 36.2 Å². The van der Waals surface area contributed by atoms with Crippen molar-refractivity contribution in [2.45, 2.75) is 20.4 Å². The SMILES string of the molecule is CC(=O)Nc1ccc(CN2CCN(c3ccccc3C)CC2)cc1. The standard InChI is InChI=1S/C20H25N3O/c1-16-5-3-4-6-20(16)23-13-11-22(12-14-23)15-18-7-9-19(10-8-18)21-17(2)24/h3-10H,11-15H2,1-2H3,(H,21,24). The Kier molecular flexibility index (Phi) is 5.16. The largest absolute Gasteiger partial charge is 0.369 e. The molecule has 126 valence electrons. The maximum Gasteiger partial charge on any atom is 0.221 e. The third-order valence-corrected chi connectivity index (χ3v) is 4.51. The lowest BCUT2D eigenvalue weighted by Crippen LogP contribution is -2.46. The molecule has 0 saturated carbocycles. The summed E-state index contributed by atoms with van der Waals surface area (Å²) in [6, 6.07) is 16.7. The molecule has 1 aliphatic heterocycles. The molecule has 1 aliphatic rings. The highest BCUT2D eigenvalue weighted by Crippen LogP contribution is 2.21. The van der Waals surface area contributed by atoms with Gasteiger partial charge in [0.2, 0.25) is 5.91 Å². The molecule has 4 heteroatoms. The van der Waals surface area contributed by atoms with Crippen molar-refractivity contribution >= 4 is 17.3 Å². The Morgan fingerprint density at radius 3 is 2.29 bits per heavy atom. The lowest BCUT2D eigenvalue weighted by molar-refractivity contribution is -0.114. The Balaban J connectivity index is 1.54. The highest BCUT2D eigenvalue weighted by Gasteiger charge is 2.18. The van der Waals surface area contributed by atoms with Crippen LogP contribution in [0.25, 0.3) is 0 Å². The molecule has 3 rings (SSSR count). The van der Waals surface area contributed by atoms with Crippen LogP contribution >= 0.6 is 0 Å². The van der Waals surface area contributed by atoms with Crippen LogP contribution in [-0.4, -0.2) is 37.0 Å². The second kappa shape index (κ2) is 7.49. The molecule has 0 radical (unpaired) electrons. The number of anilines is 2. The van der Waals surface area contributed by atoms with Crippen LogP contribution in [0.5, 0.6) is 0 Å². The molecule has 0 bridgehead atoms. The van der Waals surface area contributed by atoms with Gasteiger partial charge in [0.05, 0.1) is 0 Å². The van der Waals surface area contributed by atoms with Gasteiger partial charge in [-0.2, -0.15) is 0 Å². The van der Waals surface area contributed by atoms with Crippen LogP contribution in [0.4, 0.5) is 11.4 Å². The highest BCUT2D eigenvalue weighted by atomic mass is 16.1. The summed E-state index contributed by atoms with van der Waals surface area (Å²) in [5.41, 5.74) is 4.85. The molecule has 0 aliphatic carbocycles. The number of amides is 1. The van der Waals surface area contributed by atoms with Gasteiger partial charge in [0.25, 0.3) is 0 Å². The topological polar surface area (TPSA) is 35.6 Å². The van der Waals surface area contributed by atoms with Gasteiger partial charge in [-0.15, -0.1) is 0 Å². The first-order valence-corrected chi connectivity index (χ1v) is 8.51. The van der Waals surface area contributed by atoms with E-state index in [1.165, 1.54) is 23.7 Å². The third-order valence-electron chi connectivity index (χ3n) is 4.51. The molecule has 2 aromatic rings. The highest BCUT2D eigenvalue weighted by molar-refractivity contribution is 5.88. The molecule has 1 N–H and O–H groups in total. The van der Waals surface area contributed by atoms with Gasteiger partial charge in [0, 0.05) is 51.0 Å². The summed E-state index contributed by atoms with van der Waals surface area (Å²) in [4.78, 5) is 16.0. The average Bonchev–Trinajstić information content (AvgIpc) is 2.58. The molecule has 0 atom stereocenters. The van der Waals surface area contributed by atoms with E-state index in [2.05, 4.69) is 58.4 Å². The number of rotatable bonds is 4. The fraction of sp³-hybridized carbons (Fsp3) is 0.350. The van der Waals surface area contributed by atoms with E-state index < -0.39 is 0 Å². The minimum Gasteiger partial charge on any atom is -0.369 e. The molecule has 24 heavy (non-hydrogen) atoms. The summed E-state index contributed by atoms with van der Waals surface area (Å²) in [5.74, 6) is -0.0323. The monoisotopic (exact) mass is 323 g/mol. The summed E-state index contributed by atoms with van der Waals surface area (Å²) in [6.07, 6.45) is 0. The number of hydrogen-bond acceptors (Lipinski definition) is 3. The maximum absolute atomic E-state index is 11.1. The van der Waals surface area contributed by atoms with Crippen LogP contribution < -0.4 is 10.2 Å². The van der Waals surface area contributed by atoms with Gasteiger partial charge in [-0.1, -0.05) is 30.3 Å². The van der Waals surface area contributed by atoms with Crippen LogP contribution in [0.3, 0.4) is 0 Å². The van der Waals surface area contributed by atoms with E-state index in [1.54, 1.807) is 0 Å². The van der Waals surface area contributed by atoms with Gasteiger partial charge in [-0.3, -0.25) is 9.69 Å². The molecule has 4 nitrogen and oxygen atoms in total. The Morgan fingerprint density at radius 1 is 1.00 bits per heavy atom. The number of benzene rings is 2. The van der Waals surface area contributed by atoms with Crippen molar-refractivity contribution < 1.29 is 4.79 Å². The van der Waals surface area contributed by atoms with E-state index in [1.807, 2.05) is 12.1 Å². The number of nitrogens with one attached hydrogen (secondary N) is 1. The molecule has 1 fully saturated rings. The minimum atomic E-state index is -0.0323. The van der Waals surface area contributed by atoms with Crippen molar-refractivity contribution in [3.8, 4) is 0 Å². The van der Waals surface area contributed by atoms with E-state index in [0.29, 0.717) is 0 Å². The van der Waals surface area contributed by atoms with Crippen molar-refractivity contribution in [2.75, 3.05) is 36.4 Å². The molecular formula is C20H25N3O. The van der Waals surface area contributed by atoms with Crippen LogP contribution in [0, 0.1) is 6.92 Å². The number of aryl methyl sites for hydroxylation is 1. The van der Waals surface area contributed by atoms with Crippen LogP contribution in [-0.2, 0) is 11.3 Å². The number of para-hydroxylation sites is 1. The van der Waals surface area contributed by atoms with Crippen molar-refractivity contribution in [2.24, 2.45) is 0 Å². The fourth-order valence-electron chi connectivity index (χ4n) is 3.22. The summed E-state index contributed by atoms with van der Waals surface area (Å²) < 4.78 is 0. The third kappa shape index (κ3) is 4.15. The Morgan fingerprint density at radius 2 is 1.67 bits per heavy atom. The molecule has 0 unspecified atom stereocenters.